The highest BCUT2D eigenvalue weighted by Gasteiger charge is 2.25. The summed E-state index contributed by atoms with van der Waals surface area (Å²) in [5, 5.41) is 2.40. The first kappa shape index (κ1) is 16.7. The molecule has 1 fully saturated rings. The standard InChI is InChI=1S/C19H25N3O2/c1-21-9-10-22(12-15(11-21)19(20)23)13-17-16-6-4-3-5-14(16)7-8-18(17)24-2/h3-8,15H,9-13H2,1-2H3,(H2,20,23)/t15-/m1/s1. The third kappa shape index (κ3) is 3.52. The summed E-state index contributed by atoms with van der Waals surface area (Å²) in [6.45, 7) is 4.00. The van der Waals surface area contributed by atoms with Gasteiger partial charge in [-0.1, -0.05) is 30.3 Å². The number of benzene rings is 2. The van der Waals surface area contributed by atoms with Crippen LogP contribution in [0, 0.1) is 5.92 Å². The van der Waals surface area contributed by atoms with E-state index in [1.807, 2.05) is 25.2 Å². The molecule has 5 heteroatoms. The Balaban J connectivity index is 1.92. The smallest absolute Gasteiger partial charge is 0.223 e. The van der Waals surface area contributed by atoms with E-state index in [1.165, 1.54) is 16.3 Å². The van der Waals surface area contributed by atoms with Gasteiger partial charge in [0.2, 0.25) is 5.91 Å². The van der Waals surface area contributed by atoms with E-state index in [1.54, 1.807) is 7.11 Å². The van der Waals surface area contributed by atoms with E-state index in [4.69, 9.17) is 10.5 Å². The Bertz CT molecular complexity index is 732. The Morgan fingerprint density at radius 1 is 1.21 bits per heavy atom. The number of carbonyl (C=O) groups excluding carboxylic acids is 1. The zero-order valence-electron chi connectivity index (χ0n) is 14.4. The van der Waals surface area contributed by atoms with Gasteiger partial charge in [0.25, 0.3) is 0 Å². The lowest BCUT2D eigenvalue weighted by molar-refractivity contribution is -0.122. The van der Waals surface area contributed by atoms with Crippen LogP contribution in [-0.2, 0) is 11.3 Å². The van der Waals surface area contributed by atoms with Gasteiger partial charge < -0.3 is 15.4 Å². The van der Waals surface area contributed by atoms with Crippen LogP contribution >= 0.6 is 0 Å². The van der Waals surface area contributed by atoms with Crippen molar-refractivity contribution in [2.24, 2.45) is 11.7 Å². The van der Waals surface area contributed by atoms with Crippen LogP contribution in [0.15, 0.2) is 36.4 Å². The van der Waals surface area contributed by atoms with Crippen molar-refractivity contribution < 1.29 is 9.53 Å². The summed E-state index contributed by atoms with van der Waals surface area (Å²) < 4.78 is 5.59. The van der Waals surface area contributed by atoms with Gasteiger partial charge in [0.1, 0.15) is 5.75 Å². The Labute approximate surface area is 143 Å². The molecule has 0 aliphatic carbocycles. The summed E-state index contributed by atoms with van der Waals surface area (Å²) in [6.07, 6.45) is 0. The average molecular weight is 327 g/mol. The second-order valence-electron chi connectivity index (χ2n) is 6.56. The zero-order valence-corrected chi connectivity index (χ0v) is 14.4. The summed E-state index contributed by atoms with van der Waals surface area (Å²) >= 11 is 0. The van der Waals surface area contributed by atoms with Gasteiger partial charge in [-0.15, -0.1) is 0 Å². The molecule has 1 aliphatic rings. The van der Waals surface area contributed by atoms with Crippen molar-refractivity contribution >= 4 is 16.7 Å². The van der Waals surface area contributed by atoms with Crippen molar-refractivity contribution in [3.05, 3.63) is 42.0 Å². The van der Waals surface area contributed by atoms with Gasteiger partial charge in [0.15, 0.2) is 0 Å². The lowest BCUT2D eigenvalue weighted by Gasteiger charge is -2.24. The number of hydrogen-bond donors (Lipinski definition) is 1. The molecule has 1 atom stereocenters. The summed E-state index contributed by atoms with van der Waals surface area (Å²) in [7, 11) is 3.74. The number of primary amides is 1. The second kappa shape index (κ2) is 7.20. The lowest BCUT2D eigenvalue weighted by atomic mass is 10.0. The fourth-order valence-corrected chi connectivity index (χ4v) is 3.46. The third-order valence-corrected chi connectivity index (χ3v) is 4.81. The van der Waals surface area contributed by atoms with Gasteiger partial charge in [-0.25, -0.2) is 0 Å². The molecule has 3 rings (SSSR count). The highest BCUT2D eigenvalue weighted by atomic mass is 16.5. The van der Waals surface area contributed by atoms with Crippen LogP contribution in [0.1, 0.15) is 5.56 Å². The summed E-state index contributed by atoms with van der Waals surface area (Å²) in [4.78, 5) is 16.2. The molecule has 0 saturated carbocycles. The molecule has 1 amide bonds. The number of rotatable bonds is 4. The fourth-order valence-electron chi connectivity index (χ4n) is 3.46. The van der Waals surface area contributed by atoms with Gasteiger partial charge in [-0.05, 0) is 23.9 Å². The fraction of sp³-hybridized carbons (Fsp3) is 0.421. The lowest BCUT2D eigenvalue weighted by Crippen LogP contribution is -2.37. The third-order valence-electron chi connectivity index (χ3n) is 4.81. The minimum atomic E-state index is -0.223. The Morgan fingerprint density at radius 2 is 2.00 bits per heavy atom. The predicted molar refractivity (Wildman–Crippen MR) is 96.0 cm³/mol. The highest BCUT2D eigenvalue weighted by Crippen LogP contribution is 2.29. The molecule has 5 nitrogen and oxygen atoms in total. The van der Waals surface area contributed by atoms with Crippen molar-refractivity contribution in [1.82, 2.24) is 9.80 Å². The van der Waals surface area contributed by atoms with Crippen LogP contribution in [0.4, 0.5) is 0 Å². The minimum absolute atomic E-state index is 0.140. The Kier molecular flexibility index (Phi) is 5.02. The monoisotopic (exact) mass is 327 g/mol. The van der Waals surface area contributed by atoms with Gasteiger partial charge in [0, 0.05) is 38.3 Å². The van der Waals surface area contributed by atoms with Crippen LogP contribution in [0.2, 0.25) is 0 Å². The first-order valence-electron chi connectivity index (χ1n) is 8.33. The molecule has 1 aliphatic heterocycles. The first-order valence-corrected chi connectivity index (χ1v) is 8.33. The number of ether oxygens (including phenoxy) is 1. The van der Waals surface area contributed by atoms with Gasteiger partial charge in [-0.3, -0.25) is 9.69 Å². The molecular formula is C19H25N3O2. The van der Waals surface area contributed by atoms with Crippen molar-refractivity contribution in [1.29, 1.82) is 0 Å². The Morgan fingerprint density at radius 3 is 2.75 bits per heavy atom. The topological polar surface area (TPSA) is 58.8 Å². The van der Waals surface area contributed by atoms with Crippen LogP contribution < -0.4 is 10.5 Å². The molecule has 128 valence electrons. The van der Waals surface area contributed by atoms with Crippen LogP contribution in [0.25, 0.3) is 10.8 Å². The van der Waals surface area contributed by atoms with Crippen molar-refractivity contribution in [3.63, 3.8) is 0 Å². The molecule has 24 heavy (non-hydrogen) atoms. The Hall–Kier alpha value is -2.11. The highest BCUT2D eigenvalue weighted by molar-refractivity contribution is 5.87. The molecular weight excluding hydrogens is 302 g/mol. The maximum Gasteiger partial charge on any atom is 0.223 e. The number of amides is 1. The number of likely N-dealkylation sites (N-methyl/N-ethyl adjacent to an activating group) is 1. The SMILES string of the molecule is COc1ccc2ccccc2c1CN1CCN(C)C[C@@H](C(N)=O)C1. The van der Waals surface area contributed by atoms with E-state index >= 15 is 0 Å². The van der Waals surface area contributed by atoms with Crippen LogP contribution in [-0.4, -0.2) is 56.0 Å². The molecule has 0 unspecified atom stereocenters. The quantitative estimate of drug-likeness (QED) is 0.928. The van der Waals surface area contributed by atoms with Crippen LogP contribution in [0.3, 0.4) is 0 Å². The average Bonchev–Trinajstić information content (AvgIpc) is 2.77. The molecule has 2 aromatic carbocycles. The van der Waals surface area contributed by atoms with E-state index in [0.717, 1.165) is 31.9 Å². The van der Waals surface area contributed by atoms with Crippen LogP contribution in [0.5, 0.6) is 5.75 Å². The second-order valence-corrected chi connectivity index (χ2v) is 6.56. The van der Waals surface area contributed by atoms with Crippen molar-refractivity contribution in [2.45, 2.75) is 6.54 Å². The molecule has 0 spiro atoms. The van der Waals surface area contributed by atoms with E-state index in [0.29, 0.717) is 6.54 Å². The molecule has 0 radical (unpaired) electrons. The number of nitrogens with two attached hydrogens (primary N) is 1. The largest absolute Gasteiger partial charge is 0.496 e. The van der Waals surface area contributed by atoms with E-state index in [9.17, 15) is 4.79 Å². The number of methoxy groups -OCH3 is 1. The molecule has 2 aromatic rings. The van der Waals surface area contributed by atoms with Crippen molar-refractivity contribution in [2.75, 3.05) is 40.3 Å². The maximum absolute atomic E-state index is 11.7. The van der Waals surface area contributed by atoms with Gasteiger partial charge in [-0.2, -0.15) is 0 Å². The minimum Gasteiger partial charge on any atom is -0.496 e. The summed E-state index contributed by atoms with van der Waals surface area (Å²) in [5.41, 5.74) is 6.75. The summed E-state index contributed by atoms with van der Waals surface area (Å²) in [6, 6.07) is 12.4. The number of hydrogen-bond acceptors (Lipinski definition) is 4. The summed E-state index contributed by atoms with van der Waals surface area (Å²) in [5.74, 6) is 0.527. The normalized spacial score (nSPS) is 20.0. The molecule has 0 bridgehead atoms. The first-order chi connectivity index (χ1) is 11.6. The van der Waals surface area contributed by atoms with Gasteiger partial charge in [0.05, 0.1) is 13.0 Å². The van der Waals surface area contributed by atoms with E-state index in [2.05, 4.69) is 28.0 Å². The molecule has 0 aromatic heterocycles. The predicted octanol–water partition coefficient (Wildman–Crippen LogP) is 1.70. The molecule has 1 saturated heterocycles. The maximum atomic E-state index is 11.7. The van der Waals surface area contributed by atoms with Gasteiger partial charge >= 0.3 is 0 Å². The number of nitrogens with zero attached hydrogens (tertiary/aromatic N) is 2. The molecule has 2 N–H and O–H groups in total. The zero-order chi connectivity index (χ0) is 17.1. The van der Waals surface area contributed by atoms with E-state index in [-0.39, 0.29) is 11.8 Å². The van der Waals surface area contributed by atoms with E-state index < -0.39 is 0 Å². The van der Waals surface area contributed by atoms with Crippen molar-refractivity contribution in [3.8, 4) is 5.75 Å². The number of carbonyl (C=O) groups is 1. The molecule has 1 heterocycles. The number of fused-ring (bicyclic) bond motifs is 1.